The van der Waals surface area contributed by atoms with Crippen LogP contribution in [-0.2, 0) is 16.6 Å². The maximum absolute atomic E-state index is 13.2. The van der Waals surface area contributed by atoms with Crippen molar-refractivity contribution in [1.82, 2.24) is 15.4 Å². The Labute approximate surface area is 160 Å². The molecule has 9 heteroatoms. The second-order valence-corrected chi connectivity index (χ2v) is 7.06. The molecule has 0 aliphatic carbocycles. The standard InChI is InChI=1S/C15H25FN4O2S.HI/c1-4-17-15(18-8-5-9-20-23(3,21)22)19-11-13-6-7-14(16)12(2)10-13;/h6-7,10,20H,4-5,8-9,11H2,1-3H3,(H2,17,18,19);1H. The molecule has 0 saturated carbocycles. The molecule has 0 fully saturated rings. The van der Waals surface area contributed by atoms with E-state index in [0.717, 1.165) is 18.4 Å². The van der Waals surface area contributed by atoms with Gasteiger partial charge in [-0.05, 0) is 37.5 Å². The zero-order valence-corrected chi connectivity index (χ0v) is 17.4. The van der Waals surface area contributed by atoms with Crippen molar-refractivity contribution in [1.29, 1.82) is 0 Å². The molecule has 0 bridgehead atoms. The number of benzene rings is 1. The number of hydrogen-bond acceptors (Lipinski definition) is 3. The first kappa shape index (κ1) is 23.1. The summed E-state index contributed by atoms with van der Waals surface area (Å²) in [4.78, 5) is 4.43. The zero-order valence-electron chi connectivity index (χ0n) is 14.2. The minimum absolute atomic E-state index is 0. The number of aliphatic imine (C=N–C) groups is 1. The molecule has 0 spiro atoms. The monoisotopic (exact) mass is 472 g/mol. The lowest BCUT2D eigenvalue weighted by molar-refractivity contribution is 0.584. The molecule has 0 aliphatic heterocycles. The van der Waals surface area contributed by atoms with Crippen LogP contribution in [0.5, 0.6) is 0 Å². The zero-order chi connectivity index (χ0) is 17.3. The quantitative estimate of drug-likeness (QED) is 0.233. The molecule has 0 saturated heterocycles. The van der Waals surface area contributed by atoms with Crippen LogP contribution in [0.15, 0.2) is 23.2 Å². The number of halogens is 2. The Morgan fingerprint density at radius 3 is 2.54 bits per heavy atom. The van der Waals surface area contributed by atoms with Gasteiger partial charge in [-0.15, -0.1) is 24.0 Å². The van der Waals surface area contributed by atoms with Gasteiger partial charge in [0.05, 0.1) is 12.8 Å². The second-order valence-electron chi connectivity index (χ2n) is 5.23. The molecular formula is C15H26FIN4O2S. The van der Waals surface area contributed by atoms with Crippen molar-refractivity contribution in [3.05, 3.63) is 35.1 Å². The SMILES string of the molecule is CCNC(=NCc1ccc(F)c(C)c1)NCCCNS(C)(=O)=O.I. The fourth-order valence-corrected chi connectivity index (χ4v) is 2.39. The van der Waals surface area contributed by atoms with E-state index in [1.807, 2.05) is 6.92 Å². The summed E-state index contributed by atoms with van der Waals surface area (Å²) in [6.45, 7) is 5.82. The Morgan fingerprint density at radius 2 is 1.96 bits per heavy atom. The van der Waals surface area contributed by atoms with E-state index in [0.29, 0.717) is 37.6 Å². The lowest BCUT2D eigenvalue weighted by atomic mass is 10.1. The van der Waals surface area contributed by atoms with Crippen LogP contribution in [0.3, 0.4) is 0 Å². The molecule has 0 aromatic heterocycles. The first-order chi connectivity index (χ1) is 10.8. The van der Waals surface area contributed by atoms with Gasteiger partial charge >= 0.3 is 0 Å². The highest BCUT2D eigenvalue weighted by Gasteiger charge is 2.02. The molecule has 6 nitrogen and oxygen atoms in total. The van der Waals surface area contributed by atoms with Gasteiger partial charge in [-0.2, -0.15) is 0 Å². The van der Waals surface area contributed by atoms with Crippen molar-refractivity contribution in [2.75, 3.05) is 25.9 Å². The Hall–Kier alpha value is -0.940. The average molecular weight is 472 g/mol. The molecule has 0 atom stereocenters. The van der Waals surface area contributed by atoms with E-state index in [2.05, 4.69) is 20.3 Å². The van der Waals surface area contributed by atoms with Gasteiger partial charge in [-0.1, -0.05) is 12.1 Å². The first-order valence-electron chi connectivity index (χ1n) is 7.53. The van der Waals surface area contributed by atoms with Crippen molar-refractivity contribution in [3.8, 4) is 0 Å². The molecule has 1 aromatic carbocycles. The summed E-state index contributed by atoms with van der Waals surface area (Å²) < 4.78 is 37.6. The summed E-state index contributed by atoms with van der Waals surface area (Å²) in [6, 6.07) is 4.93. The van der Waals surface area contributed by atoms with Crippen LogP contribution in [-0.4, -0.2) is 40.3 Å². The van der Waals surface area contributed by atoms with Gasteiger partial charge in [-0.3, -0.25) is 0 Å². The third kappa shape index (κ3) is 10.0. The molecule has 138 valence electrons. The summed E-state index contributed by atoms with van der Waals surface area (Å²) in [5.41, 5.74) is 1.53. The van der Waals surface area contributed by atoms with E-state index < -0.39 is 10.0 Å². The molecule has 1 aromatic rings. The first-order valence-corrected chi connectivity index (χ1v) is 9.43. The minimum atomic E-state index is -3.14. The summed E-state index contributed by atoms with van der Waals surface area (Å²) in [5.74, 6) is 0.426. The summed E-state index contributed by atoms with van der Waals surface area (Å²) >= 11 is 0. The van der Waals surface area contributed by atoms with Crippen molar-refractivity contribution >= 4 is 40.0 Å². The van der Waals surface area contributed by atoms with Crippen LogP contribution in [0.25, 0.3) is 0 Å². The lowest BCUT2D eigenvalue weighted by Gasteiger charge is -2.11. The average Bonchev–Trinajstić information content (AvgIpc) is 2.46. The van der Waals surface area contributed by atoms with E-state index in [4.69, 9.17) is 0 Å². The van der Waals surface area contributed by atoms with Crippen LogP contribution in [0.4, 0.5) is 4.39 Å². The van der Waals surface area contributed by atoms with Gasteiger partial charge in [0.15, 0.2) is 5.96 Å². The Morgan fingerprint density at radius 1 is 1.25 bits per heavy atom. The molecule has 1 rings (SSSR count). The van der Waals surface area contributed by atoms with Gasteiger partial charge < -0.3 is 10.6 Å². The van der Waals surface area contributed by atoms with Crippen LogP contribution in [0.1, 0.15) is 24.5 Å². The van der Waals surface area contributed by atoms with Gasteiger partial charge in [-0.25, -0.2) is 22.5 Å². The molecule has 0 radical (unpaired) electrons. The highest BCUT2D eigenvalue weighted by molar-refractivity contribution is 14.0. The maximum Gasteiger partial charge on any atom is 0.208 e. The predicted octanol–water partition coefficient (Wildman–Crippen LogP) is 1.75. The van der Waals surface area contributed by atoms with Gasteiger partial charge in [0.2, 0.25) is 10.0 Å². The fourth-order valence-electron chi connectivity index (χ4n) is 1.87. The molecule has 0 heterocycles. The van der Waals surface area contributed by atoms with E-state index in [-0.39, 0.29) is 29.8 Å². The molecule has 24 heavy (non-hydrogen) atoms. The van der Waals surface area contributed by atoms with Gasteiger partial charge in [0, 0.05) is 19.6 Å². The summed E-state index contributed by atoms with van der Waals surface area (Å²) in [6.07, 6.45) is 1.78. The predicted molar refractivity (Wildman–Crippen MR) is 107 cm³/mol. The third-order valence-electron chi connectivity index (χ3n) is 3.00. The Kier molecular flexibility index (Phi) is 11.1. The number of nitrogens with one attached hydrogen (secondary N) is 3. The topological polar surface area (TPSA) is 82.6 Å². The van der Waals surface area contributed by atoms with Crippen LogP contribution < -0.4 is 15.4 Å². The number of aryl methyl sites for hydroxylation is 1. The molecular weight excluding hydrogens is 446 g/mol. The summed E-state index contributed by atoms with van der Waals surface area (Å²) in [5, 5.41) is 6.25. The van der Waals surface area contributed by atoms with Gasteiger partial charge in [0.1, 0.15) is 5.82 Å². The minimum Gasteiger partial charge on any atom is -0.357 e. The van der Waals surface area contributed by atoms with E-state index in [1.165, 1.54) is 6.07 Å². The van der Waals surface area contributed by atoms with Crippen LogP contribution >= 0.6 is 24.0 Å². The van der Waals surface area contributed by atoms with Crippen molar-refractivity contribution in [3.63, 3.8) is 0 Å². The smallest absolute Gasteiger partial charge is 0.208 e. The summed E-state index contributed by atoms with van der Waals surface area (Å²) in [7, 11) is -3.14. The van der Waals surface area contributed by atoms with Gasteiger partial charge in [0.25, 0.3) is 0 Å². The maximum atomic E-state index is 13.2. The largest absolute Gasteiger partial charge is 0.357 e. The van der Waals surface area contributed by atoms with E-state index in [1.54, 1.807) is 19.1 Å². The Balaban J connectivity index is 0.00000529. The van der Waals surface area contributed by atoms with Crippen molar-refractivity contribution < 1.29 is 12.8 Å². The van der Waals surface area contributed by atoms with E-state index in [9.17, 15) is 12.8 Å². The third-order valence-corrected chi connectivity index (χ3v) is 3.73. The van der Waals surface area contributed by atoms with Crippen LogP contribution in [0.2, 0.25) is 0 Å². The van der Waals surface area contributed by atoms with E-state index >= 15 is 0 Å². The second kappa shape index (κ2) is 11.6. The van der Waals surface area contributed by atoms with Crippen LogP contribution in [0, 0.1) is 12.7 Å². The number of hydrogen-bond donors (Lipinski definition) is 3. The molecule has 0 unspecified atom stereocenters. The molecule has 0 aliphatic rings. The molecule has 3 N–H and O–H groups in total. The van der Waals surface area contributed by atoms with Crippen molar-refractivity contribution in [2.45, 2.75) is 26.8 Å². The molecule has 0 amide bonds. The lowest BCUT2D eigenvalue weighted by Crippen LogP contribution is -2.38. The number of nitrogens with zero attached hydrogens (tertiary/aromatic N) is 1. The Bertz CT molecular complexity index is 638. The normalized spacial score (nSPS) is 11.8. The van der Waals surface area contributed by atoms with Crippen molar-refractivity contribution in [2.24, 2.45) is 4.99 Å². The number of sulfonamides is 1. The fraction of sp³-hybridized carbons (Fsp3) is 0.533. The highest BCUT2D eigenvalue weighted by atomic mass is 127. The number of guanidine groups is 1. The highest BCUT2D eigenvalue weighted by Crippen LogP contribution is 2.09. The number of rotatable bonds is 8.